The molecule has 0 aromatic rings. The van der Waals surface area contributed by atoms with E-state index in [4.69, 9.17) is 10.7 Å². The number of nitrogens with zero attached hydrogens (tertiary/aromatic N) is 2. The van der Waals surface area contributed by atoms with Gasteiger partial charge in [-0.1, -0.05) is 13.8 Å². The first-order valence-electron chi connectivity index (χ1n) is 5.82. The fraction of sp³-hybridized carbons (Fsp3) is 0.900. The fourth-order valence-corrected chi connectivity index (χ4v) is 3.00. The van der Waals surface area contributed by atoms with Crippen LogP contribution >= 0.6 is 10.7 Å². The van der Waals surface area contributed by atoms with Crippen LogP contribution in [0.2, 0.25) is 0 Å². The molecule has 1 unspecified atom stereocenters. The van der Waals surface area contributed by atoms with E-state index in [1.54, 1.807) is 4.90 Å². The van der Waals surface area contributed by atoms with Crippen LogP contribution in [0.1, 0.15) is 20.3 Å². The minimum absolute atomic E-state index is 0.0179. The number of hydrogen-bond acceptors (Lipinski definition) is 4. The zero-order valence-electron chi connectivity index (χ0n) is 10.2. The number of carbonyl (C=O) groups is 1. The highest BCUT2D eigenvalue weighted by atomic mass is 35.7. The molecule has 1 heterocycles. The molecule has 0 bridgehead atoms. The predicted octanol–water partition coefficient (Wildman–Crippen LogP) is 0.498. The van der Waals surface area contributed by atoms with Gasteiger partial charge in [0.1, 0.15) is 5.25 Å². The average molecular weight is 283 g/mol. The predicted molar refractivity (Wildman–Crippen MR) is 67.5 cm³/mol. The van der Waals surface area contributed by atoms with E-state index < -0.39 is 14.3 Å². The van der Waals surface area contributed by atoms with E-state index in [1.165, 1.54) is 0 Å². The topological polar surface area (TPSA) is 57.7 Å². The minimum Gasteiger partial charge on any atom is -0.340 e. The Kier molecular flexibility index (Phi) is 5.22. The largest absolute Gasteiger partial charge is 0.340 e. The zero-order chi connectivity index (χ0) is 13.1. The van der Waals surface area contributed by atoms with E-state index in [0.29, 0.717) is 6.54 Å². The van der Waals surface area contributed by atoms with Gasteiger partial charge in [0.2, 0.25) is 15.0 Å². The van der Waals surface area contributed by atoms with Crippen molar-refractivity contribution in [2.75, 3.05) is 32.7 Å². The Morgan fingerprint density at radius 1 is 1.41 bits per heavy atom. The Bertz CT molecular complexity index is 368. The van der Waals surface area contributed by atoms with Crippen molar-refractivity contribution in [3.05, 3.63) is 0 Å². The average Bonchev–Trinajstić information content (AvgIpc) is 2.61. The van der Waals surface area contributed by atoms with Crippen LogP contribution < -0.4 is 0 Å². The standard InChI is InChI=1S/C10H19ClN2O3S/c1-3-12(4-2)5-6-13-8-9(7-10(13)14)17(11,15)16/h9H,3-8H2,1-2H3. The Labute approximate surface area is 107 Å². The molecule has 1 fully saturated rings. The first kappa shape index (κ1) is 14.7. The quantitative estimate of drug-likeness (QED) is 0.666. The van der Waals surface area contributed by atoms with E-state index in [0.717, 1.165) is 19.6 Å². The molecule has 0 N–H and O–H groups in total. The van der Waals surface area contributed by atoms with Crippen molar-refractivity contribution in [1.82, 2.24) is 9.80 Å². The van der Waals surface area contributed by atoms with Crippen molar-refractivity contribution in [3.8, 4) is 0 Å². The summed E-state index contributed by atoms with van der Waals surface area (Å²) in [6.07, 6.45) is 0.0179. The van der Waals surface area contributed by atoms with E-state index in [9.17, 15) is 13.2 Å². The van der Waals surface area contributed by atoms with Gasteiger partial charge in [-0.25, -0.2) is 8.42 Å². The summed E-state index contributed by atoms with van der Waals surface area (Å²) < 4.78 is 22.3. The van der Waals surface area contributed by atoms with Crippen molar-refractivity contribution in [3.63, 3.8) is 0 Å². The summed E-state index contributed by atoms with van der Waals surface area (Å²) in [7, 11) is 1.65. The zero-order valence-corrected chi connectivity index (χ0v) is 11.8. The summed E-state index contributed by atoms with van der Waals surface area (Å²) in [5, 5.41) is -0.742. The minimum atomic E-state index is -3.62. The number of carbonyl (C=O) groups excluding carboxylic acids is 1. The molecule has 0 radical (unpaired) electrons. The summed E-state index contributed by atoms with van der Waals surface area (Å²) in [4.78, 5) is 15.4. The third kappa shape index (κ3) is 4.12. The van der Waals surface area contributed by atoms with Crippen molar-refractivity contribution in [1.29, 1.82) is 0 Å². The van der Waals surface area contributed by atoms with Crippen LogP contribution in [0.25, 0.3) is 0 Å². The van der Waals surface area contributed by atoms with Crippen molar-refractivity contribution in [2.24, 2.45) is 0 Å². The maximum atomic E-state index is 11.6. The number of rotatable bonds is 6. The molecule has 1 saturated heterocycles. The molecule has 100 valence electrons. The van der Waals surface area contributed by atoms with Crippen LogP contribution in [0.4, 0.5) is 0 Å². The van der Waals surface area contributed by atoms with Crippen LogP contribution in [-0.2, 0) is 13.8 Å². The Morgan fingerprint density at radius 2 is 2.00 bits per heavy atom. The number of hydrogen-bond donors (Lipinski definition) is 0. The number of likely N-dealkylation sites (tertiary alicyclic amines) is 1. The monoisotopic (exact) mass is 282 g/mol. The highest BCUT2D eigenvalue weighted by Crippen LogP contribution is 2.20. The molecule has 0 aliphatic carbocycles. The smallest absolute Gasteiger partial charge is 0.237 e. The molecule has 1 aliphatic rings. The lowest BCUT2D eigenvalue weighted by atomic mass is 10.4. The highest BCUT2D eigenvalue weighted by molar-refractivity contribution is 8.14. The lowest BCUT2D eigenvalue weighted by Gasteiger charge is -2.22. The Morgan fingerprint density at radius 3 is 2.41 bits per heavy atom. The number of halogens is 1. The molecule has 0 aromatic heterocycles. The second kappa shape index (κ2) is 6.02. The van der Waals surface area contributed by atoms with Gasteiger partial charge in [-0.3, -0.25) is 4.79 Å². The van der Waals surface area contributed by atoms with Crippen LogP contribution in [0, 0.1) is 0 Å². The molecule has 1 aliphatic heterocycles. The summed E-state index contributed by atoms with van der Waals surface area (Å²) in [5.74, 6) is -0.119. The molecule has 0 saturated carbocycles. The fourth-order valence-electron chi connectivity index (χ4n) is 1.94. The summed E-state index contributed by atoms with van der Waals surface area (Å²) in [6.45, 7) is 7.54. The van der Waals surface area contributed by atoms with Crippen molar-refractivity contribution in [2.45, 2.75) is 25.5 Å². The van der Waals surface area contributed by atoms with Crippen LogP contribution in [-0.4, -0.2) is 62.1 Å². The molecule has 7 heteroatoms. The molecule has 17 heavy (non-hydrogen) atoms. The van der Waals surface area contributed by atoms with Crippen LogP contribution in [0.3, 0.4) is 0 Å². The second-order valence-electron chi connectivity index (χ2n) is 4.17. The molecule has 5 nitrogen and oxygen atoms in total. The van der Waals surface area contributed by atoms with E-state index in [-0.39, 0.29) is 18.9 Å². The molecule has 1 amide bonds. The number of likely N-dealkylation sites (N-methyl/N-ethyl adjacent to an activating group) is 1. The van der Waals surface area contributed by atoms with Crippen molar-refractivity contribution < 1.29 is 13.2 Å². The SMILES string of the molecule is CCN(CC)CCN1CC(S(=O)(=O)Cl)CC1=O. The molecule has 1 atom stereocenters. The first-order chi connectivity index (χ1) is 7.88. The van der Waals surface area contributed by atoms with E-state index in [2.05, 4.69) is 18.7 Å². The maximum absolute atomic E-state index is 11.6. The van der Waals surface area contributed by atoms with Gasteiger partial charge in [0.05, 0.1) is 0 Å². The van der Waals surface area contributed by atoms with Gasteiger partial charge in [0, 0.05) is 36.7 Å². The van der Waals surface area contributed by atoms with Gasteiger partial charge in [0.25, 0.3) is 0 Å². The van der Waals surface area contributed by atoms with E-state index in [1.807, 2.05) is 0 Å². The molecule has 0 spiro atoms. The third-order valence-electron chi connectivity index (χ3n) is 3.16. The maximum Gasteiger partial charge on any atom is 0.237 e. The lowest BCUT2D eigenvalue weighted by Crippen LogP contribution is -2.36. The number of amides is 1. The van der Waals surface area contributed by atoms with Crippen molar-refractivity contribution >= 4 is 25.6 Å². The van der Waals surface area contributed by atoms with Crippen LogP contribution in [0.15, 0.2) is 0 Å². The highest BCUT2D eigenvalue weighted by Gasteiger charge is 2.36. The summed E-state index contributed by atoms with van der Waals surface area (Å²) in [5.41, 5.74) is 0. The molecular weight excluding hydrogens is 264 g/mol. The van der Waals surface area contributed by atoms with E-state index >= 15 is 0 Å². The van der Waals surface area contributed by atoms with Gasteiger partial charge < -0.3 is 9.80 Å². The van der Waals surface area contributed by atoms with Gasteiger partial charge in [0.15, 0.2) is 0 Å². The lowest BCUT2D eigenvalue weighted by molar-refractivity contribution is -0.127. The van der Waals surface area contributed by atoms with Crippen LogP contribution in [0.5, 0.6) is 0 Å². The summed E-state index contributed by atoms with van der Waals surface area (Å²) >= 11 is 0. The molecule has 1 rings (SSSR count). The second-order valence-corrected chi connectivity index (χ2v) is 7.08. The molecular formula is C10H19ClN2O3S. The third-order valence-corrected chi connectivity index (χ3v) is 5.03. The first-order valence-corrected chi connectivity index (χ1v) is 8.19. The Balaban J connectivity index is 2.49. The normalized spacial score (nSPS) is 21.5. The van der Waals surface area contributed by atoms with Gasteiger partial charge >= 0.3 is 0 Å². The van der Waals surface area contributed by atoms with Gasteiger partial charge in [-0.2, -0.15) is 0 Å². The van der Waals surface area contributed by atoms with Gasteiger partial charge in [-0.15, -0.1) is 0 Å². The Hall–Kier alpha value is -0.330. The van der Waals surface area contributed by atoms with Gasteiger partial charge in [-0.05, 0) is 13.1 Å². The summed E-state index contributed by atoms with van der Waals surface area (Å²) in [6, 6.07) is 0. The molecule has 0 aromatic carbocycles.